The molecular formula is C9H15Cl. The number of alkyl halides is 1. The predicted molar refractivity (Wildman–Crippen MR) is 46.4 cm³/mol. The van der Waals surface area contributed by atoms with Gasteiger partial charge in [0.05, 0.1) is 0 Å². The average Bonchev–Trinajstić information content (AvgIpc) is 1.95. The van der Waals surface area contributed by atoms with E-state index in [1.807, 2.05) is 0 Å². The second-order valence-electron chi connectivity index (χ2n) is 3.04. The Balaban J connectivity index is 2.26. The molecule has 1 heteroatoms. The minimum Gasteiger partial charge on any atom is -0.123 e. The van der Waals surface area contributed by atoms with E-state index >= 15 is 0 Å². The third-order valence-electron chi connectivity index (χ3n) is 2.17. The fraction of sp³-hybridized carbons (Fsp3) is 0.778. The lowest BCUT2D eigenvalue weighted by Crippen LogP contribution is -2.12. The van der Waals surface area contributed by atoms with Crippen molar-refractivity contribution in [2.24, 2.45) is 5.92 Å². The molecule has 0 atom stereocenters. The van der Waals surface area contributed by atoms with E-state index in [0.717, 1.165) is 5.92 Å². The second-order valence-corrected chi connectivity index (χ2v) is 3.66. The van der Waals surface area contributed by atoms with Gasteiger partial charge >= 0.3 is 0 Å². The van der Waals surface area contributed by atoms with Gasteiger partial charge in [0.1, 0.15) is 0 Å². The molecule has 0 spiro atoms. The number of rotatable bonds is 1. The zero-order valence-electron chi connectivity index (χ0n) is 6.52. The Kier molecular flexibility index (Phi) is 3.27. The number of hydrogen-bond donors (Lipinski definition) is 0. The van der Waals surface area contributed by atoms with Crippen molar-refractivity contribution in [1.29, 1.82) is 0 Å². The SMILES string of the molecule is CC=CC1CCC(Cl)CC1. The molecule has 0 aromatic carbocycles. The molecule has 1 aliphatic carbocycles. The molecule has 0 amide bonds. The van der Waals surface area contributed by atoms with Crippen LogP contribution in [0.5, 0.6) is 0 Å². The third kappa shape index (κ3) is 2.34. The molecule has 0 heterocycles. The minimum absolute atomic E-state index is 0.460. The molecule has 0 saturated heterocycles. The lowest BCUT2D eigenvalue weighted by atomic mass is 9.89. The van der Waals surface area contributed by atoms with E-state index in [-0.39, 0.29) is 0 Å². The quantitative estimate of drug-likeness (QED) is 0.406. The van der Waals surface area contributed by atoms with E-state index < -0.39 is 0 Å². The molecule has 1 fully saturated rings. The summed E-state index contributed by atoms with van der Waals surface area (Å²) in [6, 6.07) is 0. The molecule has 0 aromatic rings. The molecule has 0 unspecified atom stereocenters. The van der Waals surface area contributed by atoms with Gasteiger partial charge in [-0.05, 0) is 38.5 Å². The fourth-order valence-electron chi connectivity index (χ4n) is 1.54. The summed E-state index contributed by atoms with van der Waals surface area (Å²) in [5, 5.41) is 0.460. The molecule has 10 heavy (non-hydrogen) atoms. The molecule has 0 bridgehead atoms. The molecule has 58 valence electrons. The van der Waals surface area contributed by atoms with Crippen LogP contribution in [0.15, 0.2) is 12.2 Å². The summed E-state index contributed by atoms with van der Waals surface area (Å²) < 4.78 is 0. The Labute approximate surface area is 68.3 Å². The molecule has 0 aliphatic heterocycles. The molecule has 1 aliphatic rings. The largest absolute Gasteiger partial charge is 0.123 e. The van der Waals surface area contributed by atoms with Crippen LogP contribution in [0.2, 0.25) is 0 Å². The molecule has 0 radical (unpaired) electrons. The highest BCUT2D eigenvalue weighted by molar-refractivity contribution is 6.20. The molecule has 0 N–H and O–H groups in total. The number of halogens is 1. The predicted octanol–water partition coefficient (Wildman–Crippen LogP) is 3.36. The minimum atomic E-state index is 0.460. The zero-order chi connectivity index (χ0) is 7.40. The van der Waals surface area contributed by atoms with Gasteiger partial charge in [0, 0.05) is 5.38 Å². The topological polar surface area (TPSA) is 0 Å². The normalized spacial score (nSPS) is 35.0. The smallest absolute Gasteiger partial charge is 0.0336 e. The van der Waals surface area contributed by atoms with Gasteiger partial charge in [-0.25, -0.2) is 0 Å². The third-order valence-corrected chi connectivity index (χ3v) is 2.60. The summed E-state index contributed by atoms with van der Waals surface area (Å²) in [6.07, 6.45) is 9.45. The lowest BCUT2D eigenvalue weighted by Gasteiger charge is -2.21. The van der Waals surface area contributed by atoms with Crippen molar-refractivity contribution in [2.75, 3.05) is 0 Å². The summed E-state index contributed by atoms with van der Waals surface area (Å²) in [5.41, 5.74) is 0. The van der Waals surface area contributed by atoms with Crippen molar-refractivity contribution in [2.45, 2.75) is 38.0 Å². The molecule has 0 nitrogen and oxygen atoms in total. The first-order valence-corrected chi connectivity index (χ1v) is 4.53. The van der Waals surface area contributed by atoms with E-state index in [4.69, 9.17) is 11.6 Å². The lowest BCUT2D eigenvalue weighted by molar-refractivity contribution is 0.424. The summed E-state index contributed by atoms with van der Waals surface area (Å²) in [6.45, 7) is 2.09. The highest BCUT2D eigenvalue weighted by atomic mass is 35.5. The molecule has 1 rings (SSSR count). The van der Waals surface area contributed by atoms with Gasteiger partial charge < -0.3 is 0 Å². The first-order valence-electron chi connectivity index (χ1n) is 4.10. The Morgan fingerprint density at radius 2 is 1.80 bits per heavy atom. The van der Waals surface area contributed by atoms with Crippen molar-refractivity contribution in [3.8, 4) is 0 Å². The van der Waals surface area contributed by atoms with Crippen molar-refractivity contribution < 1.29 is 0 Å². The van der Waals surface area contributed by atoms with Crippen LogP contribution in [0.3, 0.4) is 0 Å². The maximum Gasteiger partial charge on any atom is 0.0336 e. The van der Waals surface area contributed by atoms with Crippen molar-refractivity contribution in [3.63, 3.8) is 0 Å². The highest BCUT2D eigenvalue weighted by Crippen LogP contribution is 2.28. The average molecular weight is 159 g/mol. The summed E-state index contributed by atoms with van der Waals surface area (Å²) in [4.78, 5) is 0. The van der Waals surface area contributed by atoms with Crippen LogP contribution in [0.1, 0.15) is 32.6 Å². The number of hydrogen-bond acceptors (Lipinski definition) is 0. The zero-order valence-corrected chi connectivity index (χ0v) is 7.27. The van der Waals surface area contributed by atoms with Crippen molar-refractivity contribution in [3.05, 3.63) is 12.2 Å². The van der Waals surface area contributed by atoms with E-state index in [9.17, 15) is 0 Å². The standard InChI is InChI=1S/C9H15Cl/c1-2-3-8-4-6-9(10)7-5-8/h2-3,8-9H,4-7H2,1H3. The highest BCUT2D eigenvalue weighted by Gasteiger charge is 2.16. The first-order chi connectivity index (χ1) is 4.83. The van der Waals surface area contributed by atoms with Crippen LogP contribution in [-0.2, 0) is 0 Å². The fourth-order valence-corrected chi connectivity index (χ4v) is 1.80. The Bertz CT molecular complexity index is 110. The maximum absolute atomic E-state index is 5.96. The Hall–Kier alpha value is 0.0300. The molecular weight excluding hydrogens is 144 g/mol. The maximum atomic E-state index is 5.96. The van der Waals surface area contributed by atoms with Gasteiger partial charge in [0.2, 0.25) is 0 Å². The van der Waals surface area contributed by atoms with Gasteiger partial charge in [0.15, 0.2) is 0 Å². The first kappa shape index (κ1) is 8.13. The summed E-state index contributed by atoms with van der Waals surface area (Å²) in [7, 11) is 0. The Morgan fingerprint density at radius 3 is 2.30 bits per heavy atom. The van der Waals surface area contributed by atoms with Gasteiger partial charge in [-0.1, -0.05) is 12.2 Å². The second kappa shape index (κ2) is 4.02. The summed E-state index contributed by atoms with van der Waals surface area (Å²) in [5.74, 6) is 0.819. The van der Waals surface area contributed by atoms with E-state index in [1.165, 1.54) is 25.7 Å². The van der Waals surface area contributed by atoms with Crippen LogP contribution in [0.25, 0.3) is 0 Å². The van der Waals surface area contributed by atoms with Gasteiger partial charge in [0.25, 0.3) is 0 Å². The van der Waals surface area contributed by atoms with Gasteiger partial charge in [-0.3, -0.25) is 0 Å². The van der Waals surface area contributed by atoms with Gasteiger partial charge in [-0.2, -0.15) is 0 Å². The van der Waals surface area contributed by atoms with E-state index in [2.05, 4.69) is 19.1 Å². The summed E-state index contributed by atoms with van der Waals surface area (Å²) >= 11 is 5.96. The van der Waals surface area contributed by atoms with Crippen LogP contribution >= 0.6 is 11.6 Å². The molecule has 0 aromatic heterocycles. The Morgan fingerprint density at radius 1 is 1.20 bits per heavy atom. The van der Waals surface area contributed by atoms with Crippen LogP contribution in [0.4, 0.5) is 0 Å². The van der Waals surface area contributed by atoms with Crippen LogP contribution in [-0.4, -0.2) is 5.38 Å². The van der Waals surface area contributed by atoms with E-state index in [0.29, 0.717) is 5.38 Å². The molecule has 1 saturated carbocycles. The van der Waals surface area contributed by atoms with Crippen molar-refractivity contribution in [1.82, 2.24) is 0 Å². The van der Waals surface area contributed by atoms with Crippen molar-refractivity contribution >= 4 is 11.6 Å². The van der Waals surface area contributed by atoms with Gasteiger partial charge in [-0.15, -0.1) is 11.6 Å². The van der Waals surface area contributed by atoms with Crippen LogP contribution < -0.4 is 0 Å². The monoisotopic (exact) mass is 158 g/mol. The van der Waals surface area contributed by atoms with E-state index in [1.54, 1.807) is 0 Å². The number of allylic oxidation sites excluding steroid dienone is 2. The van der Waals surface area contributed by atoms with Crippen LogP contribution in [0, 0.1) is 5.92 Å².